The Hall–Kier alpha value is -3.57. The molecule has 172 valence electrons. The standard InChI is InChI=1S/C28H26ClN3O2/c1-2-3-16-34-22-14-9-13-20(17-22)27-24-25(19-10-5-4-6-11-19)30-31-26(24)28(33)32(27)18-21-12-7-8-15-23(21)29/h4-15,17,27H,2-3,16,18H2,1H3,(H,30,31). The second-order valence-electron chi connectivity index (χ2n) is 8.43. The number of amides is 1. The monoisotopic (exact) mass is 471 g/mol. The number of aromatic nitrogens is 2. The Kier molecular flexibility index (Phi) is 6.37. The number of nitrogens with zero attached hydrogens (tertiary/aromatic N) is 2. The van der Waals surface area contributed by atoms with Crippen LogP contribution in [0.15, 0.2) is 78.9 Å². The number of unbranched alkanes of at least 4 members (excludes halogenated alkanes) is 1. The van der Waals surface area contributed by atoms with Gasteiger partial charge in [0.25, 0.3) is 5.91 Å². The zero-order valence-corrected chi connectivity index (χ0v) is 19.8. The summed E-state index contributed by atoms with van der Waals surface area (Å²) in [5, 5.41) is 8.20. The maximum atomic E-state index is 13.6. The van der Waals surface area contributed by atoms with Gasteiger partial charge in [0.2, 0.25) is 0 Å². The molecule has 1 aliphatic heterocycles. The second-order valence-corrected chi connectivity index (χ2v) is 8.84. The molecule has 0 fully saturated rings. The lowest BCUT2D eigenvalue weighted by Gasteiger charge is -2.27. The number of halogens is 1. The molecular weight excluding hydrogens is 446 g/mol. The highest BCUT2D eigenvalue weighted by atomic mass is 35.5. The third kappa shape index (κ3) is 4.19. The largest absolute Gasteiger partial charge is 0.494 e. The summed E-state index contributed by atoms with van der Waals surface area (Å²) in [4.78, 5) is 15.5. The fourth-order valence-corrected chi connectivity index (χ4v) is 4.64. The van der Waals surface area contributed by atoms with Crippen LogP contribution >= 0.6 is 11.6 Å². The maximum absolute atomic E-state index is 13.6. The highest BCUT2D eigenvalue weighted by molar-refractivity contribution is 6.31. The Morgan fingerprint density at radius 2 is 1.82 bits per heavy atom. The first kappa shape index (κ1) is 22.2. The zero-order valence-electron chi connectivity index (χ0n) is 19.0. The van der Waals surface area contributed by atoms with Crippen LogP contribution in [0.5, 0.6) is 5.75 Å². The Morgan fingerprint density at radius 1 is 1.03 bits per heavy atom. The summed E-state index contributed by atoms with van der Waals surface area (Å²) < 4.78 is 5.98. The number of hydrogen-bond acceptors (Lipinski definition) is 3. The lowest BCUT2D eigenvalue weighted by Crippen LogP contribution is -2.29. The van der Waals surface area contributed by atoms with E-state index in [9.17, 15) is 4.79 Å². The van der Waals surface area contributed by atoms with Gasteiger partial charge in [0.05, 0.1) is 18.3 Å². The Balaban J connectivity index is 1.60. The van der Waals surface area contributed by atoms with Gasteiger partial charge in [0.15, 0.2) is 0 Å². The molecule has 1 atom stereocenters. The molecular formula is C28H26ClN3O2. The van der Waals surface area contributed by atoms with Crippen LogP contribution in [0, 0.1) is 0 Å². The van der Waals surface area contributed by atoms with Crippen LogP contribution in [-0.2, 0) is 6.54 Å². The molecule has 5 rings (SSSR count). The quantitative estimate of drug-likeness (QED) is 0.292. The minimum absolute atomic E-state index is 0.0908. The molecule has 0 spiro atoms. The van der Waals surface area contributed by atoms with E-state index in [0.29, 0.717) is 23.9 Å². The predicted molar refractivity (Wildman–Crippen MR) is 134 cm³/mol. The molecule has 0 bridgehead atoms. The molecule has 1 amide bonds. The smallest absolute Gasteiger partial charge is 0.273 e. The second kappa shape index (κ2) is 9.74. The molecule has 1 aromatic heterocycles. The Labute approximate surface area is 204 Å². The summed E-state index contributed by atoms with van der Waals surface area (Å²) in [5.41, 5.74) is 5.03. The molecule has 6 heteroatoms. The molecule has 1 N–H and O–H groups in total. The van der Waals surface area contributed by atoms with Crippen molar-refractivity contribution in [1.29, 1.82) is 0 Å². The van der Waals surface area contributed by atoms with E-state index in [1.165, 1.54) is 0 Å². The normalized spacial score (nSPS) is 14.9. The van der Waals surface area contributed by atoms with E-state index < -0.39 is 0 Å². The number of ether oxygens (including phenoxy) is 1. The first-order chi connectivity index (χ1) is 16.7. The SMILES string of the molecule is CCCCOc1cccc(C2c3c(-c4ccccc4)n[nH]c3C(=O)N2Cc2ccccc2Cl)c1. The highest BCUT2D eigenvalue weighted by Crippen LogP contribution is 2.44. The van der Waals surface area contributed by atoms with E-state index in [1.54, 1.807) is 0 Å². The molecule has 0 saturated carbocycles. The number of nitrogens with one attached hydrogen (secondary N) is 1. The third-order valence-corrected chi connectivity index (χ3v) is 6.52. The van der Waals surface area contributed by atoms with E-state index >= 15 is 0 Å². The van der Waals surface area contributed by atoms with Gasteiger partial charge in [-0.1, -0.05) is 85.6 Å². The van der Waals surface area contributed by atoms with Crippen molar-refractivity contribution in [2.75, 3.05) is 6.61 Å². The topological polar surface area (TPSA) is 58.2 Å². The van der Waals surface area contributed by atoms with Crippen LogP contribution in [-0.4, -0.2) is 27.6 Å². The predicted octanol–water partition coefficient (Wildman–Crippen LogP) is 6.65. The van der Waals surface area contributed by atoms with Crippen LogP contribution in [0.2, 0.25) is 5.02 Å². The van der Waals surface area contributed by atoms with Crippen LogP contribution in [0.4, 0.5) is 0 Å². The minimum atomic E-state index is -0.317. The average Bonchev–Trinajstić information content (AvgIpc) is 3.40. The van der Waals surface area contributed by atoms with Gasteiger partial charge < -0.3 is 9.64 Å². The van der Waals surface area contributed by atoms with Gasteiger partial charge in [-0.2, -0.15) is 5.10 Å². The lowest BCUT2D eigenvalue weighted by molar-refractivity contribution is 0.0730. The molecule has 0 saturated heterocycles. The molecule has 5 nitrogen and oxygen atoms in total. The maximum Gasteiger partial charge on any atom is 0.273 e. The fraction of sp³-hybridized carbons (Fsp3) is 0.214. The van der Waals surface area contributed by atoms with E-state index in [2.05, 4.69) is 17.1 Å². The Bertz CT molecular complexity index is 1300. The van der Waals surface area contributed by atoms with Crippen LogP contribution in [0.1, 0.15) is 53.0 Å². The number of benzene rings is 3. The van der Waals surface area contributed by atoms with Crippen molar-refractivity contribution in [2.45, 2.75) is 32.4 Å². The van der Waals surface area contributed by atoms with Crippen LogP contribution in [0.3, 0.4) is 0 Å². The highest BCUT2D eigenvalue weighted by Gasteiger charge is 2.42. The molecule has 2 heterocycles. The summed E-state index contributed by atoms with van der Waals surface area (Å²) in [5.74, 6) is 0.709. The zero-order chi connectivity index (χ0) is 23.5. The van der Waals surface area contributed by atoms with Gasteiger partial charge in [-0.15, -0.1) is 0 Å². The summed E-state index contributed by atoms with van der Waals surface area (Å²) in [6.07, 6.45) is 2.07. The van der Waals surface area contributed by atoms with Gasteiger partial charge in [-0.05, 0) is 35.7 Å². The number of carbonyl (C=O) groups excluding carboxylic acids is 1. The number of fused-ring (bicyclic) bond motifs is 1. The summed E-state index contributed by atoms with van der Waals surface area (Å²) >= 11 is 6.47. The first-order valence-corrected chi connectivity index (χ1v) is 12.0. The van der Waals surface area contributed by atoms with Crippen molar-refractivity contribution in [2.24, 2.45) is 0 Å². The third-order valence-electron chi connectivity index (χ3n) is 6.15. The number of H-pyrrole nitrogens is 1. The summed E-state index contributed by atoms with van der Waals surface area (Å²) in [6, 6.07) is 25.3. The van der Waals surface area contributed by atoms with E-state index in [1.807, 2.05) is 83.8 Å². The number of aromatic amines is 1. The fourth-order valence-electron chi connectivity index (χ4n) is 4.44. The van der Waals surface area contributed by atoms with Crippen molar-refractivity contribution in [3.05, 3.63) is 106 Å². The summed E-state index contributed by atoms with van der Waals surface area (Å²) in [7, 11) is 0. The van der Waals surface area contributed by atoms with Crippen molar-refractivity contribution >= 4 is 17.5 Å². The minimum Gasteiger partial charge on any atom is -0.494 e. The average molecular weight is 472 g/mol. The van der Waals surface area contributed by atoms with Crippen molar-refractivity contribution in [1.82, 2.24) is 15.1 Å². The molecule has 34 heavy (non-hydrogen) atoms. The van der Waals surface area contributed by atoms with E-state index in [4.69, 9.17) is 16.3 Å². The van der Waals surface area contributed by atoms with E-state index in [-0.39, 0.29) is 11.9 Å². The number of carbonyl (C=O) groups is 1. The van der Waals surface area contributed by atoms with Gasteiger partial charge >= 0.3 is 0 Å². The molecule has 0 aliphatic carbocycles. The first-order valence-electron chi connectivity index (χ1n) is 11.6. The molecule has 4 aromatic rings. The van der Waals surface area contributed by atoms with Crippen LogP contribution in [0.25, 0.3) is 11.3 Å². The Morgan fingerprint density at radius 3 is 2.62 bits per heavy atom. The van der Waals surface area contributed by atoms with E-state index in [0.717, 1.165) is 46.5 Å². The molecule has 1 unspecified atom stereocenters. The van der Waals surface area contributed by atoms with Crippen molar-refractivity contribution in [3.63, 3.8) is 0 Å². The van der Waals surface area contributed by atoms with Crippen molar-refractivity contribution in [3.8, 4) is 17.0 Å². The number of hydrogen-bond donors (Lipinski definition) is 1. The summed E-state index contributed by atoms with van der Waals surface area (Å²) in [6.45, 7) is 3.20. The lowest BCUT2D eigenvalue weighted by atomic mass is 9.95. The van der Waals surface area contributed by atoms with Gasteiger partial charge in [0.1, 0.15) is 11.4 Å². The van der Waals surface area contributed by atoms with Gasteiger partial charge in [-0.25, -0.2) is 0 Å². The van der Waals surface area contributed by atoms with Crippen LogP contribution < -0.4 is 4.74 Å². The molecule has 0 radical (unpaired) electrons. The number of rotatable bonds is 8. The van der Waals surface area contributed by atoms with Gasteiger partial charge in [-0.3, -0.25) is 9.89 Å². The van der Waals surface area contributed by atoms with Crippen molar-refractivity contribution < 1.29 is 9.53 Å². The molecule has 1 aliphatic rings. The molecule has 3 aromatic carbocycles. The van der Waals surface area contributed by atoms with Gasteiger partial charge in [0, 0.05) is 22.7 Å².